The standard InChI is InChI=1S/C12H24N2O2/c1-4-11(2,9-15)14-10(16)12(3)7-5-6-8-13-12/h13,15H,4-9H2,1-3H3,(H,14,16). The van der Waals surface area contributed by atoms with Crippen LogP contribution in [0.15, 0.2) is 0 Å². The summed E-state index contributed by atoms with van der Waals surface area (Å²) >= 11 is 0. The van der Waals surface area contributed by atoms with Gasteiger partial charge in [-0.2, -0.15) is 0 Å². The zero-order valence-electron chi connectivity index (χ0n) is 10.6. The first-order chi connectivity index (χ1) is 7.46. The third-order valence-corrected chi connectivity index (χ3v) is 3.66. The SMILES string of the molecule is CCC(C)(CO)NC(=O)C1(C)CCCCN1. The van der Waals surface area contributed by atoms with E-state index in [0.717, 1.165) is 32.2 Å². The van der Waals surface area contributed by atoms with Gasteiger partial charge in [-0.05, 0) is 46.1 Å². The molecule has 1 fully saturated rings. The van der Waals surface area contributed by atoms with E-state index in [1.165, 1.54) is 0 Å². The van der Waals surface area contributed by atoms with Crippen molar-refractivity contribution in [3.8, 4) is 0 Å². The second kappa shape index (κ2) is 5.15. The highest BCUT2D eigenvalue weighted by atomic mass is 16.3. The van der Waals surface area contributed by atoms with Crippen molar-refractivity contribution < 1.29 is 9.90 Å². The van der Waals surface area contributed by atoms with Gasteiger partial charge < -0.3 is 15.7 Å². The average Bonchev–Trinajstić information content (AvgIpc) is 2.30. The van der Waals surface area contributed by atoms with Gasteiger partial charge in [-0.3, -0.25) is 4.79 Å². The van der Waals surface area contributed by atoms with Crippen molar-refractivity contribution >= 4 is 5.91 Å². The number of carbonyl (C=O) groups is 1. The van der Waals surface area contributed by atoms with Gasteiger partial charge in [0.25, 0.3) is 0 Å². The molecule has 0 aromatic rings. The van der Waals surface area contributed by atoms with Crippen LogP contribution >= 0.6 is 0 Å². The maximum absolute atomic E-state index is 12.2. The van der Waals surface area contributed by atoms with Gasteiger partial charge in [-0.25, -0.2) is 0 Å². The summed E-state index contributed by atoms with van der Waals surface area (Å²) in [5, 5.41) is 15.5. The van der Waals surface area contributed by atoms with Gasteiger partial charge in [-0.15, -0.1) is 0 Å². The Morgan fingerprint density at radius 3 is 2.69 bits per heavy atom. The molecule has 94 valence electrons. The number of nitrogens with one attached hydrogen (secondary N) is 2. The molecule has 1 aliphatic heterocycles. The van der Waals surface area contributed by atoms with Crippen molar-refractivity contribution in [2.75, 3.05) is 13.2 Å². The molecule has 1 rings (SSSR count). The third kappa shape index (κ3) is 2.95. The minimum Gasteiger partial charge on any atom is -0.394 e. The Bertz CT molecular complexity index is 243. The Balaban J connectivity index is 2.63. The van der Waals surface area contributed by atoms with E-state index < -0.39 is 11.1 Å². The topological polar surface area (TPSA) is 61.4 Å². The number of hydrogen-bond acceptors (Lipinski definition) is 3. The number of aliphatic hydroxyl groups excluding tert-OH is 1. The van der Waals surface area contributed by atoms with Crippen molar-refractivity contribution in [1.29, 1.82) is 0 Å². The predicted octanol–water partition coefficient (Wildman–Crippen LogP) is 0.796. The van der Waals surface area contributed by atoms with E-state index in [0.29, 0.717) is 0 Å². The van der Waals surface area contributed by atoms with Crippen molar-refractivity contribution in [1.82, 2.24) is 10.6 Å². The van der Waals surface area contributed by atoms with Crippen LogP contribution in [-0.2, 0) is 4.79 Å². The van der Waals surface area contributed by atoms with E-state index in [9.17, 15) is 9.90 Å². The number of carbonyl (C=O) groups excluding carboxylic acids is 1. The molecule has 0 spiro atoms. The number of hydrogen-bond donors (Lipinski definition) is 3. The number of rotatable bonds is 4. The molecule has 1 aliphatic rings. The van der Waals surface area contributed by atoms with Gasteiger partial charge in [0.2, 0.25) is 5.91 Å². The number of amides is 1. The summed E-state index contributed by atoms with van der Waals surface area (Å²) in [5.74, 6) is 0.00519. The highest BCUT2D eigenvalue weighted by molar-refractivity contribution is 5.86. The lowest BCUT2D eigenvalue weighted by Gasteiger charge is -2.37. The highest BCUT2D eigenvalue weighted by Gasteiger charge is 2.37. The Labute approximate surface area is 97.8 Å². The third-order valence-electron chi connectivity index (χ3n) is 3.66. The molecule has 16 heavy (non-hydrogen) atoms. The Morgan fingerprint density at radius 1 is 1.56 bits per heavy atom. The molecule has 2 unspecified atom stereocenters. The van der Waals surface area contributed by atoms with E-state index in [1.807, 2.05) is 20.8 Å². The second-order valence-corrected chi connectivity index (χ2v) is 5.24. The van der Waals surface area contributed by atoms with E-state index in [4.69, 9.17) is 0 Å². The molecule has 1 heterocycles. The molecule has 0 saturated carbocycles. The summed E-state index contributed by atoms with van der Waals surface area (Å²) in [6.07, 6.45) is 3.81. The van der Waals surface area contributed by atoms with Crippen molar-refractivity contribution in [3.05, 3.63) is 0 Å². The summed E-state index contributed by atoms with van der Waals surface area (Å²) in [6, 6.07) is 0. The van der Waals surface area contributed by atoms with Gasteiger partial charge in [-0.1, -0.05) is 6.92 Å². The van der Waals surface area contributed by atoms with Crippen LogP contribution in [0.2, 0.25) is 0 Å². The summed E-state index contributed by atoms with van der Waals surface area (Å²) in [6.45, 7) is 6.65. The average molecular weight is 228 g/mol. The molecule has 2 atom stereocenters. The van der Waals surface area contributed by atoms with Gasteiger partial charge >= 0.3 is 0 Å². The van der Waals surface area contributed by atoms with Crippen LogP contribution in [0.3, 0.4) is 0 Å². The lowest BCUT2D eigenvalue weighted by Crippen LogP contribution is -2.62. The predicted molar refractivity (Wildman–Crippen MR) is 64.2 cm³/mol. The molecule has 0 aromatic heterocycles. The zero-order chi connectivity index (χ0) is 12.2. The first-order valence-corrected chi connectivity index (χ1v) is 6.14. The molecule has 1 amide bonds. The van der Waals surface area contributed by atoms with Crippen molar-refractivity contribution in [2.24, 2.45) is 0 Å². The molecule has 3 N–H and O–H groups in total. The molecule has 0 bridgehead atoms. The normalized spacial score (nSPS) is 29.5. The monoisotopic (exact) mass is 228 g/mol. The molecule has 0 aliphatic carbocycles. The molecular weight excluding hydrogens is 204 g/mol. The Hall–Kier alpha value is -0.610. The van der Waals surface area contributed by atoms with Crippen LogP contribution < -0.4 is 10.6 Å². The lowest BCUT2D eigenvalue weighted by molar-refractivity contribution is -0.130. The fourth-order valence-corrected chi connectivity index (χ4v) is 1.90. The quantitative estimate of drug-likeness (QED) is 0.667. The number of piperidine rings is 1. The molecule has 1 saturated heterocycles. The van der Waals surface area contributed by atoms with E-state index in [2.05, 4.69) is 10.6 Å². The fourth-order valence-electron chi connectivity index (χ4n) is 1.90. The number of aliphatic hydroxyl groups is 1. The van der Waals surface area contributed by atoms with Crippen LogP contribution in [-0.4, -0.2) is 35.2 Å². The van der Waals surface area contributed by atoms with Crippen molar-refractivity contribution in [3.63, 3.8) is 0 Å². The molecule has 0 aromatic carbocycles. The first-order valence-electron chi connectivity index (χ1n) is 6.14. The summed E-state index contributed by atoms with van der Waals surface area (Å²) < 4.78 is 0. The summed E-state index contributed by atoms with van der Waals surface area (Å²) in [7, 11) is 0. The maximum atomic E-state index is 12.2. The largest absolute Gasteiger partial charge is 0.394 e. The van der Waals surface area contributed by atoms with Crippen LogP contribution in [0.1, 0.15) is 46.5 Å². The van der Waals surface area contributed by atoms with E-state index >= 15 is 0 Å². The minimum absolute atomic E-state index is 0.00519. The first kappa shape index (κ1) is 13.5. The molecule has 4 heteroatoms. The van der Waals surface area contributed by atoms with Crippen LogP contribution in [0.25, 0.3) is 0 Å². The molecular formula is C12H24N2O2. The van der Waals surface area contributed by atoms with E-state index in [-0.39, 0.29) is 12.5 Å². The second-order valence-electron chi connectivity index (χ2n) is 5.24. The zero-order valence-corrected chi connectivity index (χ0v) is 10.6. The van der Waals surface area contributed by atoms with Gasteiger partial charge in [0.1, 0.15) is 0 Å². The van der Waals surface area contributed by atoms with Gasteiger partial charge in [0.05, 0.1) is 17.7 Å². The molecule has 0 radical (unpaired) electrons. The van der Waals surface area contributed by atoms with Gasteiger partial charge in [0, 0.05) is 0 Å². The molecule has 4 nitrogen and oxygen atoms in total. The fraction of sp³-hybridized carbons (Fsp3) is 0.917. The van der Waals surface area contributed by atoms with Crippen LogP contribution in [0, 0.1) is 0 Å². The van der Waals surface area contributed by atoms with Gasteiger partial charge in [0.15, 0.2) is 0 Å². The summed E-state index contributed by atoms with van der Waals surface area (Å²) in [5.41, 5.74) is -0.969. The van der Waals surface area contributed by atoms with Crippen molar-refractivity contribution in [2.45, 2.75) is 57.5 Å². The van der Waals surface area contributed by atoms with Crippen LogP contribution in [0.4, 0.5) is 0 Å². The highest BCUT2D eigenvalue weighted by Crippen LogP contribution is 2.20. The Morgan fingerprint density at radius 2 is 2.25 bits per heavy atom. The lowest BCUT2D eigenvalue weighted by atomic mass is 9.88. The van der Waals surface area contributed by atoms with E-state index in [1.54, 1.807) is 0 Å². The van der Waals surface area contributed by atoms with Crippen LogP contribution in [0.5, 0.6) is 0 Å². The maximum Gasteiger partial charge on any atom is 0.240 e. The minimum atomic E-state index is -0.501. The smallest absolute Gasteiger partial charge is 0.240 e. The Kier molecular flexibility index (Phi) is 4.33. The summed E-state index contributed by atoms with van der Waals surface area (Å²) in [4.78, 5) is 12.2.